The summed E-state index contributed by atoms with van der Waals surface area (Å²) in [6, 6.07) is 13.6. The van der Waals surface area contributed by atoms with Gasteiger partial charge in [-0.2, -0.15) is 0 Å². The first-order chi connectivity index (χ1) is 11.0. The molecule has 23 heavy (non-hydrogen) atoms. The summed E-state index contributed by atoms with van der Waals surface area (Å²) in [5, 5.41) is 0. The minimum atomic E-state index is -0.451. The number of nitrogens with zero attached hydrogens (tertiary/aromatic N) is 2. The molecule has 0 fully saturated rings. The number of anilines is 1. The Morgan fingerprint density at radius 1 is 1.09 bits per heavy atom. The van der Waals surface area contributed by atoms with Crippen molar-refractivity contribution in [3.8, 4) is 0 Å². The molecule has 0 radical (unpaired) electrons. The quantitative estimate of drug-likeness (QED) is 0.772. The zero-order valence-electron chi connectivity index (χ0n) is 13.0. The Balaban J connectivity index is 1.76. The van der Waals surface area contributed by atoms with Crippen LogP contribution in [0.5, 0.6) is 0 Å². The van der Waals surface area contributed by atoms with Gasteiger partial charge < -0.3 is 0 Å². The number of benzene rings is 2. The number of aryl methyl sites for hydroxylation is 1. The van der Waals surface area contributed by atoms with Crippen LogP contribution < -0.4 is 4.90 Å². The van der Waals surface area contributed by atoms with Crippen molar-refractivity contribution in [1.29, 1.82) is 0 Å². The number of rotatable bonds is 4. The van der Waals surface area contributed by atoms with E-state index in [9.17, 15) is 9.59 Å². The molecule has 1 amide bonds. The summed E-state index contributed by atoms with van der Waals surface area (Å²) in [5.41, 5.74) is 3.34. The highest BCUT2D eigenvalue weighted by Gasteiger charge is 2.36. The van der Waals surface area contributed by atoms with Gasteiger partial charge in [0.2, 0.25) is 0 Å². The summed E-state index contributed by atoms with van der Waals surface area (Å²) >= 11 is 3.42. The van der Waals surface area contributed by atoms with Gasteiger partial charge in [-0.3, -0.25) is 19.4 Å². The average Bonchev–Trinajstić information content (AvgIpc) is 2.74. The maximum atomic E-state index is 12.2. The number of hydrogen-bond acceptors (Lipinski definition) is 3. The molecule has 1 aliphatic rings. The van der Waals surface area contributed by atoms with E-state index in [-0.39, 0.29) is 0 Å². The number of amides is 1. The van der Waals surface area contributed by atoms with E-state index in [1.807, 2.05) is 55.3 Å². The van der Waals surface area contributed by atoms with Gasteiger partial charge in [0.05, 0.1) is 17.9 Å². The van der Waals surface area contributed by atoms with E-state index in [4.69, 9.17) is 0 Å². The van der Waals surface area contributed by atoms with Crippen molar-refractivity contribution in [2.24, 2.45) is 0 Å². The fourth-order valence-electron chi connectivity index (χ4n) is 2.75. The zero-order valence-corrected chi connectivity index (χ0v) is 14.6. The van der Waals surface area contributed by atoms with E-state index >= 15 is 0 Å². The van der Waals surface area contributed by atoms with Crippen molar-refractivity contribution >= 4 is 33.3 Å². The highest BCUT2D eigenvalue weighted by Crippen LogP contribution is 2.29. The van der Waals surface area contributed by atoms with Gasteiger partial charge >= 0.3 is 5.91 Å². The van der Waals surface area contributed by atoms with Crippen LogP contribution in [-0.4, -0.2) is 30.3 Å². The first-order valence-corrected chi connectivity index (χ1v) is 8.15. The molecule has 0 saturated heterocycles. The lowest BCUT2D eigenvalue weighted by molar-refractivity contribution is -0.114. The van der Waals surface area contributed by atoms with E-state index in [1.54, 1.807) is 11.0 Å². The van der Waals surface area contributed by atoms with Crippen LogP contribution in [0.25, 0.3) is 0 Å². The van der Waals surface area contributed by atoms with Crippen molar-refractivity contribution in [2.75, 3.05) is 18.6 Å². The van der Waals surface area contributed by atoms with Crippen LogP contribution in [0.4, 0.5) is 5.69 Å². The van der Waals surface area contributed by atoms with Gasteiger partial charge in [0, 0.05) is 11.0 Å². The topological polar surface area (TPSA) is 40.6 Å². The van der Waals surface area contributed by atoms with Crippen molar-refractivity contribution < 1.29 is 9.59 Å². The molecule has 2 aromatic rings. The van der Waals surface area contributed by atoms with E-state index < -0.39 is 11.7 Å². The molecule has 0 unspecified atom stereocenters. The fourth-order valence-corrected chi connectivity index (χ4v) is 3.01. The van der Waals surface area contributed by atoms with Gasteiger partial charge in [-0.25, -0.2) is 0 Å². The molecular weight excluding hydrogens is 356 g/mol. The third kappa shape index (κ3) is 3.21. The molecule has 4 nitrogen and oxygen atoms in total. The fraction of sp³-hybridized carbons (Fsp3) is 0.222. The third-order valence-corrected chi connectivity index (χ3v) is 4.40. The molecular formula is C18H17BrN2O2. The lowest BCUT2D eigenvalue weighted by Gasteiger charge is -2.24. The standard InChI is InChI=1S/C18H17BrN2O2/c1-12-3-8-16-15(9-12)17(22)18(23)21(16)11-20(2)10-13-4-6-14(19)7-5-13/h3-9H,10-11H2,1-2H3. The highest BCUT2D eigenvalue weighted by molar-refractivity contribution is 9.10. The minimum Gasteiger partial charge on any atom is -0.291 e. The van der Waals surface area contributed by atoms with Gasteiger partial charge in [0.25, 0.3) is 5.78 Å². The van der Waals surface area contributed by atoms with Crippen LogP contribution in [0.15, 0.2) is 46.9 Å². The number of carbonyl (C=O) groups excluding carboxylic acids is 2. The van der Waals surface area contributed by atoms with Gasteiger partial charge in [0.15, 0.2) is 0 Å². The van der Waals surface area contributed by atoms with Gasteiger partial charge in [-0.15, -0.1) is 0 Å². The predicted octanol–water partition coefficient (Wildman–Crippen LogP) is 3.38. The number of halogens is 1. The van der Waals surface area contributed by atoms with Crippen LogP contribution in [-0.2, 0) is 11.3 Å². The van der Waals surface area contributed by atoms with Gasteiger partial charge in [-0.05, 0) is 43.8 Å². The van der Waals surface area contributed by atoms with Crippen molar-refractivity contribution in [1.82, 2.24) is 4.90 Å². The van der Waals surface area contributed by atoms with Crippen LogP contribution in [0.1, 0.15) is 21.5 Å². The molecule has 0 N–H and O–H groups in total. The summed E-state index contributed by atoms with van der Waals surface area (Å²) in [4.78, 5) is 27.9. The van der Waals surface area contributed by atoms with Crippen LogP contribution >= 0.6 is 15.9 Å². The average molecular weight is 373 g/mol. The summed E-state index contributed by atoms with van der Waals surface area (Å²) in [5.74, 6) is -0.867. The molecule has 3 rings (SSSR count). The van der Waals surface area contributed by atoms with E-state index in [2.05, 4.69) is 15.9 Å². The molecule has 0 atom stereocenters. The number of Topliss-reactive ketones (excluding diaryl/α,β-unsaturated/α-hetero) is 1. The van der Waals surface area contributed by atoms with Crippen LogP contribution in [0.3, 0.4) is 0 Å². The maximum absolute atomic E-state index is 12.2. The second kappa shape index (κ2) is 6.26. The first-order valence-electron chi connectivity index (χ1n) is 7.35. The van der Waals surface area contributed by atoms with Gasteiger partial charge in [0.1, 0.15) is 0 Å². The number of carbonyl (C=O) groups is 2. The molecule has 5 heteroatoms. The summed E-state index contributed by atoms with van der Waals surface area (Å²) in [6.45, 7) is 3.00. The van der Waals surface area contributed by atoms with Crippen molar-refractivity contribution in [3.05, 3.63) is 63.6 Å². The maximum Gasteiger partial charge on any atom is 0.300 e. The molecule has 1 aliphatic heterocycles. The first kappa shape index (κ1) is 15.9. The van der Waals surface area contributed by atoms with Gasteiger partial charge in [-0.1, -0.05) is 39.7 Å². The Labute approximate surface area is 143 Å². The lowest BCUT2D eigenvalue weighted by atomic mass is 10.1. The SMILES string of the molecule is Cc1ccc2c(c1)C(=O)C(=O)N2CN(C)Cc1ccc(Br)cc1. The Bertz CT molecular complexity index is 771. The highest BCUT2D eigenvalue weighted by atomic mass is 79.9. The molecule has 0 aromatic heterocycles. The minimum absolute atomic E-state index is 0.386. The molecule has 2 aromatic carbocycles. The number of hydrogen-bond donors (Lipinski definition) is 0. The predicted molar refractivity (Wildman–Crippen MR) is 93.5 cm³/mol. The Hall–Kier alpha value is -1.98. The Kier molecular flexibility index (Phi) is 4.33. The van der Waals surface area contributed by atoms with Crippen LogP contribution in [0, 0.1) is 6.92 Å². The largest absolute Gasteiger partial charge is 0.300 e. The molecule has 0 spiro atoms. The monoisotopic (exact) mass is 372 g/mol. The lowest BCUT2D eigenvalue weighted by Crippen LogP contribution is -2.38. The summed E-state index contributed by atoms with van der Waals surface area (Å²) in [6.07, 6.45) is 0. The Morgan fingerprint density at radius 2 is 1.78 bits per heavy atom. The van der Waals surface area contributed by atoms with E-state index in [1.165, 1.54) is 0 Å². The summed E-state index contributed by atoms with van der Waals surface area (Å²) < 4.78 is 1.04. The molecule has 0 saturated carbocycles. The third-order valence-electron chi connectivity index (χ3n) is 3.88. The van der Waals surface area contributed by atoms with E-state index in [0.717, 1.165) is 15.6 Å². The molecule has 0 bridgehead atoms. The molecule has 0 aliphatic carbocycles. The Morgan fingerprint density at radius 3 is 2.48 bits per heavy atom. The summed E-state index contributed by atoms with van der Waals surface area (Å²) in [7, 11) is 1.94. The van der Waals surface area contributed by atoms with Crippen LogP contribution in [0.2, 0.25) is 0 Å². The second-order valence-corrected chi connectivity index (χ2v) is 6.78. The molecule has 118 valence electrons. The van der Waals surface area contributed by atoms with E-state index in [0.29, 0.717) is 24.5 Å². The number of fused-ring (bicyclic) bond motifs is 1. The number of ketones is 1. The second-order valence-electron chi connectivity index (χ2n) is 5.86. The van der Waals surface area contributed by atoms with Crippen molar-refractivity contribution in [3.63, 3.8) is 0 Å². The molecule has 1 heterocycles. The zero-order chi connectivity index (χ0) is 16.6. The van der Waals surface area contributed by atoms with Crippen molar-refractivity contribution in [2.45, 2.75) is 13.5 Å². The normalized spacial score (nSPS) is 13.8. The smallest absolute Gasteiger partial charge is 0.291 e.